The standard InChI is InChI=1S/C12H13N3OS/c13-12(17)6-3-7-15-10-5-2-1-4-9(10)11(16)8-14-15/h1-2,4-5,8H,3,6-7H2,(H2,13,17). The molecular formula is C12H13N3OS. The van der Waals surface area contributed by atoms with E-state index in [4.69, 9.17) is 18.0 Å². The molecule has 0 unspecified atom stereocenters. The van der Waals surface area contributed by atoms with Gasteiger partial charge in [-0.3, -0.25) is 9.48 Å². The van der Waals surface area contributed by atoms with E-state index < -0.39 is 0 Å². The zero-order valence-electron chi connectivity index (χ0n) is 9.30. The summed E-state index contributed by atoms with van der Waals surface area (Å²) in [5, 5.41) is 4.82. The Kier molecular flexibility index (Phi) is 3.49. The van der Waals surface area contributed by atoms with Crippen LogP contribution in [0.2, 0.25) is 0 Å². The molecule has 17 heavy (non-hydrogen) atoms. The molecule has 5 heteroatoms. The molecule has 1 aromatic carbocycles. The molecule has 0 aliphatic heterocycles. The number of fused-ring (bicyclic) bond motifs is 1. The molecule has 2 aromatic rings. The summed E-state index contributed by atoms with van der Waals surface area (Å²) in [6.45, 7) is 0.706. The lowest BCUT2D eigenvalue weighted by molar-refractivity contribution is 0.598. The molecule has 2 rings (SSSR count). The van der Waals surface area contributed by atoms with Crippen LogP contribution in [0, 0.1) is 0 Å². The number of benzene rings is 1. The number of nitrogens with zero attached hydrogens (tertiary/aromatic N) is 2. The molecule has 4 nitrogen and oxygen atoms in total. The molecule has 1 aromatic heterocycles. The van der Waals surface area contributed by atoms with Crippen LogP contribution in [0.4, 0.5) is 0 Å². The van der Waals surface area contributed by atoms with Crippen LogP contribution < -0.4 is 11.2 Å². The Balaban J connectivity index is 2.32. The van der Waals surface area contributed by atoms with Crippen LogP contribution in [-0.2, 0) is 6.54 Å². The Morgan fingerprint density at radius 1 is 1.41 bits per heavy atom. The summed E-state index contributed by atoms with van der Waals surface area (Å²) in [6.07, 6.45) is 2.87. The van der Waals surface area contributed by atoms with Crippen molar-refractivity contribution >= 4 is 28.1 Å². The number of para-hydroxylation sites is 1. The van der Waals surface area contributed by atoms with Gasteiger partial charge in [-0.1, -0.05) is 24.4 Å². The maximum Gasteiger partial charge on any atom is 0.207 e. The number of thiocarbonyl (C=S) groups is 1. The van der Waals surface area contributed by atoms with E-state index in [0.717, 1.165) is 11.9 Å². The van der Waals surface area contributed by atoms with Crippen molar-refractivity contribution in [2.45, 2.75) is 19.4 Å². The number of aromatic nitrogens is 2. The summed E-state index contributed by atoms with van der Waals surface area (Å²) in [5.41, 5.74) is 6.25. The molecule has 0 aliphatic carbocycles. The normalized spacial score (nSPS) is 10.6. The number of nitrogens with two attached hydrogens (primary N) is 1. The van der Waals surface area contributed by atoms with Gasteiger partial charge < -0.3 is 5.73 Å². The molecule has 0 spiro atoms. The van der Waals surface area contributed by atoms with Crippen molar-refractivity contribution in [1.82, 2.24) is 9.78 Å². The second-order valence-electron chi connectivity index (χ2n) is 3.82. The number of aryl methyl sites for hydroxylation is 1. The van der Waals surface area contributed by atoms with Crippen LogP contribution in [0.1, 0.15) is 12.8 Å². The van der Waals surface area contributed by atoms with Crippen LogP contribution in [-0.4, -0.2) is 14.8 Å². The Morgan fingerprint density at radius 3 is 2.94 bits per heavy atom. The number of rotatable bonds is 4. The average Bonchev–Trinajstić information content (AvgIpc) is 2.32. The second-order valence-corrected chi connectivity index (χ2v) is 4.34. The lowest BCUT2D eigenvalue weighted by Crippen LogP contribution is -2.14. The fourth-order valence-corrected chi connectivity index (χ4v) is 1.89. The van der Waals surface area contributed by atoms with Gasteiger partial charge >= 0.3 is 0 Å². The minimum absolute atomic E-state index is 0.0498. The topological polar surface area (TPSA) is 60.9 Å². The molecule has 0 saturated heterocycles. The van der Waals surface area contributed by atoms with Crippen molar-refractivity contribution in [1.29, 1.82) is 0 Å². The molecule has 0 amide bonds. The van der Waals surface area contributed by atoms with Crippen LogP contribution in [0.15, 0.2) is 35.3 Å². The van der Waals surface area contributed by atoms with Crippen molar-refractivity contribution < 1.29 is 0 Å². The van der Waals surface area contributed by atoms with E-state index in [1.54, 1.807) is 0 Å². The highest BCUT2D eigenvalue weighted by Gasteiger charge is 2.02. The highest BCUT2D eigenvalue weighted by molar-refractivity contribution is 7.80. The van der Waals surface area contributed by atoms with E-state index in [-0.39, 0.29) is 5.43 Å². The first kappa shape index (κ1) is 11.7. The van der Waals surface area contributed by atoms with E-state index in [0.29, 0.717) is 23.3 Å². The summed E-state index contributed by atoms with van der Waals surface area (Å²) < 4.78 is 1.81. The van der Waals surface area contributed by atoms with Gasteiger partial charge in [0, 0.05) is 11.9 Å². The number of hydrogen-bond acceptors (Lipinski definition) is 3. The van der Waals surface area contributed by atoms with Gasteiger partial charge in [0.2, 0.25) is 5.43 Å². The quantitative estimate of drug-likeness (QED) is 0.831. The van der Waals surface area contributed by atoms with Gasteiger partial charge in [-0.25, -0.2) is 0 Å². The third-order valence-corrected chi connectivity index (χ3v) is 2.76. The summed E-state index contributed by atoms with van der Waals surface area (Å²) in [5.74, 6) is 0. The van der Waals surface area contributed by atoms with Gasteiger partial charge in [-0.15, -0.1) is 0 Å². The molecule has 88 valence electrons. The molecule has 2 N–H and O–H groups in total. The van der Waals surface area contributed by atoms with Gasteiger partial charge in [0.15, 0.2) is 0 Å². The molecule has 0 fully saturated rings. The van der Waals surface area contributed by atoms with E-state index in [9.17, 15) is 4.79 Å². The van der Waals surface area contributed by atoms with E-state index in [2.05, 4.69) is 5.10 Å². The molecule has 1 heterocycles. The van der Waals surface area contributed by atoms with E-state index in [1.165, 1.54) is 6.20 Å². The summed E-state index contributed by atoms with van der Waals surface area (Å²) >= 11 is 4.83. The predicted octanol–water partition coefficient (Wildman–Crippen LogP) is 1.46. The molecule has 0 aliphatic rings. The fraction of sp³-hybridized carbons (Fsp3) is 0.250. The van der Waals surface area contributed by atoms with Gasteiger partial charge in [-0.2, -0.15) is 5.10 Å². The summed E-state index contributed by atoms with van der Waals surface area (Å²) in [6, 6.07) is 7.45. The predicted molar refractivity (Wildman–Crippen MR) is 72.0 cm³/mol. The van der Waals surface area contributed by atoms with Crippen molar-refractivity contribution in [2.75, 3.05) is 0 Å². The zero-order valence-corrected chi connectivity index (χ0v) is 10.1. The highest BCUT2D eigenvalue weighted by atomic mass is 32.1. The Hall–Kier alpha value is -1.75. The van der Waals surface area contributed by atoms with Gasteiger partial charge in [0.25, 0.3) is 0 Å². The van der Waals surface area contributed by atoms with Gasteiger partial charge in [0.1, 0.15) is 0 Å². The van der Waals surface area contributed by atoms with Crippen molar-refractivity contribution in [2.24, 2.45) is 5.73 Å². The van der Waals surface area contributed by atoms with Crippen molar-refractivity contribution in [3.05, 3.63) is 40.7 Å². The molecule has 0 saturated carbocycles. The van der Waals surface area contributed by atoms with Crippen molar-refractivity contribution in [3.63, 3.8) is 0 Å². The smallest absolute Gasteiger partial charge is 0.207 e. The highest BCUT2D eigenvalue weighted by Crippen LogP contribution is 2.08. The molecular weight excluding hydrogens is 234 g/mol. The molecule has 0 radical (unpaired) electrons. The Labute approximate surface area is 104 Å². The summed E-state index contributed by atoms with van der Waals surface area (Å²) in [7, 11) is 0. The maximum atomic E-state index is 11.6. The lowest BCUT2D eigenvalue weighted by Gasteiger charge is -2.08. The van der Waals surface area contributed by atoms with Gasteiger partial charge in [-0.05, 0) is 25.0 Å². The van der Waals surface area contributed by atoms with Crippen LogP contribution in [0.25, 0.3) is 10.9 Å². The Bertz CT molecular complexity index is 606. The zero-order chi connectivity index (χ0) is 12.3. The first-order chi connectivity index (χ1) is 8.18. The third-order valence-electron chi connectivity index (χ3n) is 2.56. The van der Waals surface area contributed by atoms with Crippen molar-refractivity contribution in [3.8, 4) is 0 Å². The monoisotopic (exact) mass is 247 g/mol. The van der Waals surface area contributed by atoms with Gasteiger partial charge in [0.05, 0.1) is 16.7 Å². The van der Waals surface area contributed by atoms with E-state index >= 15 is 0 Å². The average molecular weight is 247 g/mol. The minimum Gasteiger partial charge on any atom is -0.393 e. The largest absolute Gasteiger partial charge is 0.393 e. The first-order valence-electron chi connectivity index (χ1n) is 5.41. The van der Waals surface area contributed by atoms with Crippen LogP contribution >= 0.6 is 12.2 Å². The lowest BCUT2D eigenvalue weighted by atomic mass is 10.2. The van der Waals surface area contributed by atoms with Crippen LogP contribution in [0.5, 0.6) is 0 Å². The maximum absolute atomic E-state index is 11.6. The summed E-state index contributed by atoms with van der Waals surface area (Å²) in [4.78, 5) is 12.1. The Morgan fingerprint density at radius 2 is 2.18 bits per heavy atom. The fourth-order valence-electron chi connectivity index (χ4n) is 1.74. The first-order valence-corrected chi connectivity index (χ1v) is 5.82. The molecule has 0 bridgehead atoms. The molecule has 0 atom stereocenters. The minimum atomic E-state index is -0.0498. The second kappa shape index (κ2) is 5.05. The van der Waals surface area contributed by atoms with E-state index in [1.807, 2.05) is 28.9 Å². The van der Waals surface area contributed by atoms with Crippen LogP contribution in [0.3, 0.4) is 0 Å². The third kappa shape index (κ3) is 2.68. The number of hydrogen-bond donors (Lipinski definition) is 1. The SMILES string of the molecule is NC(=S)CCCn1ncc(=O)c2ccccc21.